The molecule has 0 aromatic carbocycles. The average Bonchev–Trinajstić information content (AvgIpc) is 3.49. The van der Waals surface area contributed by atoms with Crippen molar-refractivity contribution in [1.82, 2.24) is 4.90 Å². The molecule has 5 aliphatic rings. The fraction of sp³-hybridized carbons (Fsp3) is 0.943. The maximum atomic E-state index is 13.1. The molecule has 4 saturated carbocycles. The van der Waals surface area contributed by atoms with Gasteiger partial charge in [0.05, 0.1) is 0 Å². The van der Waals surface area contributed by atoms with Crippen LogP contribution >= 0.6 is 0 Å². The Balaban J connectivity index is 1.45. The molecule has 1 spiro atoms. The van der Waals surface area contributed by atoms with Gasteiger partial charge in [-0.05, 0) is 150 Å². The normalized spacial score (nSPS) is 34.9. The van der Waals surface area contributed by atoms with Crippen LogP contribution in [0.25, 0.3) is 0 Å². The van der Waals surface area contributed by atoms with E-state index in [4.69, 9.17) is 4.74 Å². The molecule has 0 N–H and O–H groups in total. The molecule has 0 amide bonds. The molecule has 5 fully saturated rings. The van der Waals surface area contributed by atoms with Crippen LogP contribution < -0.4 is 0 Å². The van der Waals surface area contributed by atoms with Crippen molar-refractivity contribution in [2.24, 2.45) is 51.2 Å². The summed E-state index contributed by atoms with van der Waals surface area (Å²) in [5, 5.41) is 0. The van der Waals surface area contributed by atoms with Crippen LogP contribution in [-0.2, 0) is 19.1 Å². The molecule has 5 rings (SSSR count). The maximum absolute atomic E-state index is 13.1. The summed E-state index contributed by atoms with van der Waals surface area (Å²) in [5.41, 5.74) is 1.85. The van der Waals surface area contributed by atoms with Crippen molar-refractivity contribution in [2.75, 3.05) is 20.1 Å². The van der Waals surface area contributed by atoms with Crippen LogP contribution in [-0.4, -0.2) is 48.7 Å². The van der Waals surface area contributed by atoms with Crippen molar-refractivity contribution in [1.29, 1.82) is 0 Å². The van der Waals surface area contributed by atoms with Crippen molar-refractivity contribution in [3.05, 3.63) is 0 Å². The van der Waals surface area contributed by atoms with Gasteiger partial charge in [0, 0.05) is 38.3 Å². The van der Waals surface area contributed by atoms with Crippen molar-refractivity contribution in [3.8, 4) is 0 Å². The SMILES string of the molecule is CCCCCCC1(CCCCC(C)=O)CC2CC(CCCCC)(CCCCCC(C)=O)C3CC4CC1C43C2(CCCCC)CCCCCC(=O)OC1CN(C)CC1C. The van der Waals surface area contributed by atoms with Gasteiger partial charge in [-0.15, -0.1) is 0 Å². The fourth-order valence-corrected chi connectivity index (χ4v) is 15.6. The Labute approximate surface area is 358 Å². The summed E-state index contributed by atoms with van der Waals surface area (Å²) in [5.74, 6) is 4.58. The Hall–Kier alpha value is -1.23. The summed E-state index contributed by atoms with van der Waals surface area (Å²) < 4.78 is 6.03. The highest BCUT2D eigenvalue weighted by molar-refractivity contribution is 5.75. The smallest absolute Gasteiger partial charge is 0.306 e. The number of ether oxygens (including phenoxy) is 1. The first-order valence-corrected chi connectivity index (χ1v) is 25.8. The van der Waals surface area contributed by atoms with Crippen molar-refractivity contribution in [2.45, 2.75) is 247 Å². The van der Waals surface area contributed by atoms with Crippen LogP contribution in [0.15, 0.2) is 0 Å². The van der Waals surface area contributed by atoms with Crippen LogP contribution in [0, 0.1) is 51.2 Å². The predicted octanol–water partition coefficient (Wildman–Crippen LogP) is 14.3. The van der Waals surface area contributed by atoms with E-state index in [0.29, 0.717) is 45.6 Å². The molecule has 10 atom stereocenters. The summed E-state index contributed by atoms with van der Waals surface area (Å²) in [6, 6.07) is 0. The van der Waals surface area contributed by atoms with Crippen molar-refractivity contribution in [3.63, 3.8) is 0 Å². The average molecular weight is 808 g/mol. The number of Topliss-reactive ketones (excluding diaryl/α,β-unsaturated/α-hetero) is 2. The van der Waals surface area contributed by atoms with Gasteiger partial charge in [-0.1, -0.05) is 124 Å². The number of fused-ring (bicyclic) bond motifs is 1. The van der Waals surface area contributed by atoms with E-state index in [1.165, 1.54) is 154 Å². The molecule has 4 aliphatic carbocycles. The van der Waals surface area contributed by atoms with E-state index >= 15 is 0 Å². The minimum Gasteiger partial charge on any atom is -0.461 e. The van der Waals surface area contributed by atoms with Gasteiger partial charge in [-0.25, -0.2) is 0 Å². The van der Waals surface area contributed by atoms with Gasteiger partial charge < -0.3 is 19.2 Å². The van der Waals surface area contributed by atoms with Gasteiger partial charge in [0.2, 0.25) is 0 Å². The largest absolute Gasteiger partial charge is 0.461 e. The highest BCUT2D eigenvalue weighted by Gasteiger charge is 2.84. The maximum Gasteiger partial charge on any atom is 0.306 e. The van der Waals surface area contributed by atoms with E-state index in [1.54, 1.807) is 13.8 Å². The first-order chi connectivity index (χ1) is 27.9. The topological polar surface area (TPSA) is 63.7 Å². The minimum atomic E-state index is 0.0241. The zero-order chi connectivity index (χ0) is 41.8. The van der Waals surface area contributed by atoms with Crippen LogP contribution in [0.1, 0.15) is 241 Å². The molecule has 1 aliphatic heterocycles. The van der Waals surface area contributed by atoms with Gasteiger partial charge in [0.25, 0.3) is 0 Å². The van der Waals surface area contributed by atoms with Crippen LogP contribution in [0.3, 0.4) is 0 Å². The highest BCUT2D eigenvalue weighted by atomic mass is 16.5. The molecule has 0 aromatic heterocycles. The first-order valence-electron chi connectivity index (χ1n) is 25.8. The quantitative estimate of drug-likeness (QED) is 0.0516. The number of rotatable bonds is 31. The van der Waals surface area contributed by atoms with Crippen LogP contribution in [0.5, 0.6) is 0 Å². The Morgan fingerprint density at radius 3 is 1.47 bits per heavy atom. The lowest BCUT2D eigenvalue weighted by Gasteiger charge is -2.88. The predicted molar refractivity (Wildman–Crippen MR) is 242 cm³/mol. The Kier molecular flexibility index (Phi) is 18.3. The lowest BCUT2D eigenvalue weighted by Crippen LogP contribution is -2.82. The number of unbranched alkanes of at least 4 members (excludes halogenated alkanes) is 12. The molecule has 334 valence electrons. The van der Waals surface area contributed by atoms with Gasteiger partial charge in [-0.3, -0.25) is 4.79 Å². The van der Waals surface area contributed by atoms with Gasteiger partial charge in [-0.2, -0.15) is 0 Å². The minimum absolute atomic E-state index is 0.0241. The molecule has 0 radical (unpaired) electrons. The molecule has 2 bridgehead atoms. The third kappa shape index (κ3) is 10.5. The summed E-state index contributed by atoms with van der Waals surface area (Å²) in [4.78, 5) is 39.4. The van der Waals surface area contributed by atoms with Gasteiger partial charge >= 0.3 is 5.97 Å². The number of likely N-dealkylation sites (tertiary alicyclic amines) is 1. The third-order valence-corrected chi connectivity index (χ3v) is 18.0. The standard InChI is InChI=1S/C53H93NO4/c1-8-11-14-22-30-51(32-25-19-27-43(6)56)38-45-37-50(29-20-12-9-2,31-23-15-17-26-42(5)55)47-35-44-36-48(51)53(44,47)52(45,33-21-13-10-3)34-24-16-18-28-49(57)58-46-40-54(7)39-41(46)4/h41,44-48H,8-40H2,1-7H3. The van der Waals surface area contributed by atoms with Gasteiger partial charge in [0.15, 0.2) is 0 Å². The molecular weight excluding hydrogens is 715 g/mol. The number of esters is 1. The molecule has 5 heteroatoms. The third-order valence-electron chi connectivity index (χ3n) is 18.0. The van der Waals surface area contributed by atoms with E-state index in [2.05, 4.69) is 39.6 Å². The molecular formula is C53H93NO4. The van der Waals surface area contributed by atoms with Crippen LogP contribution in [0.2, 0.25) is 0 Å². The molecule has 1 heterocycles. The molecule has 58 heavy (non-hydrogen) atoms. The highest BCUT2D eigenvalue weighted by Crippen LogP contribution is 2.91. The molecule has 10 unspecified atom stereocenters. The second-order valence-corrected chi connectivity index (χ2v) is 21.9. The lowest BCUT2D eigenvalue weighted by molar-refractivity contribution is -0.403. The number of carbonyl (C=O) groups excluding carboxylic acids is 3. The number of hydrogen-bond donors (Lipinski definition) is 0. The van der Waals surface area contributed by atoms with Crippen molar-refractivity contribution >= 4 is 17.5 Å². The summed E-state index contributed by atoms with van der Waals surface area (Å²) >= 11 is 0. The Morgan fingerprint density at radius 1 is 0.552 bits per heavy atom. The monoisotopic (exact) mass is 808 g/mol. The van der Waals surface area contributed by atoms with E-state index in [9.17, 15) is 14.4 Å². The number of carbonyl (C=O) groups is 3. The van der Waals surface area contributed by atoms with E-state index in [-0.39, 0.29) is 12.1 Å². The number of hydrogen-bond acceptors (Lipinski definition) is 5. The zero-order valence-corrected chi connectivity index (χ0v) is 39.4. The fourth-order valence-electron chi connectivity index (χ4n) is 15.6. The van der Waals surface area contributed by atoms with Gasteiger partial charge in [0.1, 0.15) is 17.7 Å². The second-order valence-electron chi connectivity index (χ2n) is 21.9. The summed E-state index contributed by atoms with van der Waals surface area (Å²) in [6.45, 7) is 14.8. The molecule has 5 nitrogen and oxygen atoms in total. The number of nitrogens with zero attached hydrogens (tertiary/aromatic N) is 1. The lowest BCUT2D eigenvalue weighted by atomic mass is 9.16. The number of ketones is 2. The molecule has 0 aromatic rings. The van der Waals surface area contributed by atoms with Crippen LogP contribution in [0.4, 0.5) is 0 Å². The number of likely N-dealkylation sites (N-methyl/N-ethyl adjacent to an activating group) is 1. The Bertz CT molecular complexity index is 1300. The second kappa shape index (κ2) is 22.2. The zero-order valence-electron chi connectivity index (χ0n) is 39.4. The summed E-state index contributed by atoms with van der Waals surface area (Å²) in [7, 11) is 2.13. The van der Waals surface area contributed by atoms with E-state index in [0.717, 1.165) is 75.3 Å². The first kappa shape index (κ1) is 47.8. The van der Waals surface area contributed by atoms with E-state index < -0.39 is 0 Å². The molecule has 1 saturated heterocycles. The Morgan fingerprint density at radius 2 is 0.983 bits per heavy atom. The summed E-state index contributed by atoms with van der Waals surface area (Å²) in [6.07, 6.45) is 39.2. The van der Waals surface area contributed by atoms with E-state index in [1.807, 2.05) is 0 Å². The van der Waals surface area contributed by atoms with Crippen molar-refractivity contribution < 1.29 is 19.1 Å².